The molecule has 0 radical (unpaired) electrons. The molecule has 1 aliphatic carbocycles. The molecule has 0 aromatic heterocycles. The molecule has 3 aliphatic heterocycles. The molecule has 1 unspecified atom stereocenters. The van der Waals surface area contributed by atoms with Crippen LogP contribution in [0, 0.1) is 0 Å². The largest absolute Gasteiger partial charge is 0.507 e. The first-order chi connectivity index (χ1) is 15.6. The van der Waals surface area contributed by atoms with Crippen molar-refractivity contribution in [1.29, 1.82) is 0 Å². The smallest absolute Gasteiger partial charge is 0.309 e. The number of ether oxygens (including phenoxy) is 3. The van der Waals surface area contributed by atoms with Crippen LogP contribution < -0.4 is 0 Å². The number of phenolic OH excluding ortho intramolecular Hbond substituents is 1. The number of ketones is 2. The van der Waals surface area contributed by atoms with Gasteiger partial charge in [-0.25, -0.2) is 0 Å². The Morgan fingerprint density at radius 1 is 1.03 bits per heavy atom. The van der Waals surface area contributed by atoms with E-state index in [2.05, 4.69) is 0 Å². The SMILES string of the molecule is CC1O[C@@H](c2ccc3c(c2O)C(=O)C2=C(C3=O)[C@H]3OC(=O)C[C@H]3O[C@@H]2C)C[C@@H](N(C)C)[C@@H]1O. The number of hydrogen-bond acceptors (Lipinski definition) is 9. The number of hydrogen-bond donors (Lipinski definition) is 2. The lowest BCUT2D eigenvalue weighted by molar-refractivity contribution is -0.142. The molecule has 0 bridgehead atoms. The normalized spacial score (nSPS) is 35.9. The van der Waals surface area contributed by atoms with Crippen molar-refractivity contribution in [3.63, 3.8) is 0 Å². The van der Waals surface area contributed by atoms with Gasteiger partial charge in [0.1, 0.15) is 11.9 Å². The zero-order valence-electron chi connectivity index (χ0n) is 18.9. The summed E-state index contributed by atoms with van der Waals surface area (Å²) in [6.45, 7) is 3.41. The van der Waals surface area contributed by atoms with Gasteiger partial charge >= 0.3 is 5.97 Å². The Kier molecular flexibility index (Phi) is 5.20. The quantitative estimate of drug-likeness (QED) is 0.633. The second kappa shape index (κ2) is 7.73. The molecule has 4 aliphatic rings. The van der Waals surface area contributed by atoms with E-state index in [1.54, 1.807) is 19.9 Å². The zero-order chi connectivity index (χ0) is 23.8. The van der Waals surface area contributed by atoms with Crippen LogP contribution in [0.15, 0.2) is 23.3 Å². The number of rotatable bonds is 2. The van der Waals surface area contributed by atoms with Crippen LogP contribution in [0.3, 0.4) is 0 Å². The van der Waals surface area contributed by atoms with Crippen molar-refractivity contribution >= 4 is 17.5 Å². The lowest BCUT2D eigenvalue weighted by atomic mass is 9.76. The molecule has 2 N–H and O–H groups in total. The molecule has 2 saturated heterocycles. The minimum atomic E-state index is -0.917. The van der Waals surface area contributed by atoms with E-state index < -0.39 is 54.2 Å². The Bertz CT molecular complexity index is 1090. The third-order valence-electron chi connectivity index (χ3n) is 7.21. The molecular formula is C24H27NO8. The van der Waals surface area contributed by atoms with E-state index in [0.717, 1.165) is 0 Å². The van der Waals surface area contributed by atoms with Crippen molar-refractivity contribution in [2.75, 3.05) is 14.1 Å². The summed E-state index contributed by atoms with van der Waals surface area (Å²) in [4.78, 5) is 40.7. The third kappa shape index (κ3) is 3.25. The van der Waals surface area contributed by atoms with Gasteiger partial charge in [-0.15, -0.1) is 0 Å². The number of esters is 1. The van der Waals surface area contributed by atoms with E-state index in [1.807, 2.05) is 19.0 Å². The molecule has 1 aromatic carbocycles. The molecule has 7 atom stereocenters. The number of aliphatic hydroxyl groups excluding tert-OH is 1. The first-order valence-corrected chi connectivity index (χ1v) is 11.1. The predicted molar refractivity (Wildman–Crippen MR) is 114 cm³/mol. The maximum absolute atomic E-state index is 13.5. The van der Waals surface area contributed by atoms with Gasteiger partial charge in [-0.05, 0) is 40.4 Å². The predicted octanol–water partition coefficient (Wildman–Crippen LogP) is 1.31. The van der Waals surface area contributed by atoms with Gasteiger partial charge < -0.3 is 29.3 Å². The number of likely N-dealkylation sites (N-methyl/N-ethyl adjacent to an activating group) is 1. The maximum atomic E-state index is 13.5. The molecular weight excluding hydrogens is 430 g/mol. The Balaban J connectivity index is 1.57. The summed E-state index contributed by atoms with van der Waals surface area (Å²) in [5.41, 5.74) is 0.643. The van der Waals surface area contributed by atoms with Gasteiger partial charge in [0.25, 0.3) is 0 Å². The number of fused-ring (bicyclic) bond motifs is 3. The molecule has 9 nitrogen and oxygen atoms in total. The summed E-state index contributed by atoms with van der Waals surface area (Å²) in [6.07, 6.45) is -3.57. The van der Waals surface area contributed by atoms with Crippen LogP contribution in [0.25, 0.3) is 0 Å². The fraction of sp³-hybridized carbons (Fsp3) is 0.542. The van der Waals surface area contributed by atoms with Crippen molar-refractivity contribution in [3.8, 4) is 5.75 Å². The topological polar surface area (TPSA) is 123 Å². The zero-order valence-corrected chi connectivity index (χ0v) is 18.9. The molecule has 0 saturated carbocycles. The highest BCUT2D eigenvalue weighted by atomic mass is 16.6. The number of nitrogens with zero attached hydrogens (tertiary/aromatic N) is 1. The average molecular weight is 457 g/mol. The van der Waals surface area contributed by atoms with E-state index in [4.69, 9.17) is 14.2 Å². The van der Waals surface area contributed by atoms with Crippen LogP contribution in [-0.2, 0) is 19.0 Å². The fourth-order valence-corrected chi connectivity index (χ4v) is 5.51. The highest BCUT2D eigenvalue weighted by Crippen LogP contribution is 2.45. The van der Waals surface area contributed by atoms with Crippen LogP contribution in [0.1, 0.15) is 59.1 Å². The summed E-state index contributed by atoms with van der Waals surface area (Å²) in [5.74, 6) is -1.74. The van der Waals surface area contributed by atoms with E-state index in [9.17, 15) is 24.6 Å². The van der Waals surface area contributed by atoms with Crippen LogP contribution in [-0.4, -0.2) is 83.3 Å². The van der Waals surface area contributed by atoms with Crippen LogP contribution in [0.5, 0.6) is 5.75 Å². The highest BCUT2D eigenvalue weighted by molar-refractivity contribution is 6.29. The molecule has 33 heavy (non-hydrogen) atoms. The highest BCUT2D eigenvalue weighted by Gasteiger charge is 2.51. The Morgan fingerprint density at radius 3 is 2.45 bits per heavy atom. The summed E-state index contributed by atoms with van der Waals surface area (Å²) in [6, 6.07) is 2.90. The lowest BCUT2D eigenvalue weighted by Gasteiger charge is -2.41. The number of benzene rings is 1. The first kappa shape index (κ1) is 22.2. The van der Waals surface area contributed by atoms with E-state index in [1.165, 1.54) is 6.07 Å². The van der Waals surface area contributed by atoms with Gasteiger partial charge in [0, 0.05) is 22.7 Å². The van der Waals surface area contributed by atoms with Gasteiger partial charge in [-0.3, -0.25) is 14.4 Å². The van der Waals surface area contributed by atoms with Gasteiger partial charge in [0.15, 0.2) is 17.7 Å². The molecule has 176 valence electrons. The summed E-state index contributed by atoms with van der Waals surface area (Å²) in [7, 11) is 3.72. The van der Waals surface area contributed by atoms with Gasteiger partial charge in [-0.1, -0.05) is 6.07 Å². The van der Waals surface area contributed by atoms with Crippen LogP contribution in [0.4, 0.5) is 0 Å². The summed E-state index contributed by atoms with van der Waals surface area (Å²) in [5, 5.41) is 21.7. The number of Topliss-reactive ketones (excluding diaryl/α,β-unsaturated/α-hetero) is 2. The first-order valence-electron chi connectivity index (χ1n) is 11.1. The van der Waals surface area contributed by atoms with Crippen molar-refractivity contribution in [3.05, 3.63) is 40.0 Å². The average Bonchev–Trinajstić information content (AvgIpc) is 3.12. The van der Waals surface area contributed by atoms with Crippen molar-refractivity contribution in [2.45, 2.75) is 69.4 Å². The molecule has 1 aromatic rings. The Hall–Kier alpha value is -2.59. The Labute approximate surface area is 190 Å². The van der Waals surface area contributed by atoms with Crippen molar-refractivity contribution in [2.24, 2.45) is 0 Å². The number of phenols is 1. The van der Waals surface area contributed by atoms with E-state index >= 15 is 0 Å². The molecule has 9 heteroatoms. The monoisotopic (exact) mass is 457 g/mol. The number of carbonyl (C=O) groups excluding carboxylic acids is 3. The third-order valence-corrected chi connectivity index (χ3v) is 7.21. The van der Waals surface area contributed by atoms with Crippen molar-refractivity contribution < 1.29 is 38.8 Å². The van der Waals surface area contributed by atoms with E-state index in [0.29, 0.717) is 12.0 Å². The second-order valence-corrected chi connectivity index (χ2v) is 9.43. The van der Waals surface area contributed by atoms with Gasteiger partial charge in [0.05, 0.1) is 42.0 Å². The number of aromatic hydroxyl groups is 1. The Morgan fingerprint density at radius 2 is 1.76 bits per heavy atom. The molecule has 0 amide bonds. The lowest BCUT2D eigenvalue weighted by Crippen LogP contribution is -2.50. The van der Waals surface area contributed by atoms with Gasteiger partial charge in [0.2, 0.25) is 0 Å². The molecule has 5 rings (SSSR count). The number of aliphatic hydroxyl groups is 1. The summed E-state index contributed by atoms with van der Waals surface area (Å²) < 4.78 is 17.1. The molecule has 3 heterocycles. The standard InChI is InChI=1S/C24H27NO8/c1-9-17-19(24-15(31-9)8-16(26)33-24)22(29)12-6-5-11(21(28)18(12)23(17)30)14-7-13(25(3)4)20(27)10(2)32-14/h5-6,9-10,13-15,20,24,27-28H,7-8H2,1-4H3/t9-,10?,13-,14-,15-,20-,24+/m1/s1. The second-order valence-electron chi connectivity index (χ2n) is 9.43. The molecule has 0 spiro atoms. The minimum absolute atomic E-state index is 0.0282. The minimum Gasteiger partial charge on any atom is -0.507 e. The number of carbonyl (C=O) groups is 3. The van der Waals surface area contributed by atoms with Gasteiger partial charge in [-0.2, -0.15) is 0 Å². The maximum Gasteiger partial charge on any atom is 0.309 e. The molecule has 2 fully saturated rings. The van der Waals surface area contributed by atoms with Crippen LogP contribution >= 0.6 is 0 Å². The van der Waals surface area contributed by atoms with E-state index in [-0.39, 0.29) is 40.5 Å². The van der Waals surface area contributed by atoms with Crippen molar-refractivity contribution in [1.82, 2.24) is 4.90 Å². The fourth-order valence-electron chi connectivity index (χ4n) is 5.51. The summed E-state index contributed by atoms with van der Waals surface area (Å²) >= 11 is 0. The van der Waals surface area contributed by atoms with Crippen LogP contribution in [0.2, 0.25) is 0 Å².